The summed E-state index contributed by atoms with van der Waals surface area (Å²) in [5, 5.41) is 4.54. The fourth-order valence-electron chi connectivity index (χ4n) is 5.52. The molecule has 8 heteroatoms. The van der Waals surface area contributed by atoms with Crippen LogP contribution in [0.3, 0.4) is 0 Å². The van der Waals surface area contributed by atoms with Crippen LogP contribution in [-0.2, 0) is 13.6 Å². The van der Waals surface area contributed by atoms with Crippen LogP contribution >= 0.6 is 0 Å². The number of likely N-dealkylation sites (N-methyl/N-ethyl adjacent to an activating group) is 2. The summed E-state index contributed by atoms with van der Waals surface area (Å²) < 4.78 is 2.24. The number of aryl methyl sites for hydroxylation is 1. The van der Waals surface area contributed by atoms with Gasteiger partial charge >= 0.3 is 0 Å². The highest BCUT2D eigenvalue weighted by atomic mass is 16.2. The molecule has 0 radical (unpaired) electrons. The zero-order valence-electron chi connectivity index (χ0n) is 23.4. The van der Waals surface area contributed by atoms with E-state index in [1.807, 2.05) is 25.4 Å². The molecule has 0 spiro atoms. The predicted molar refractivity (Wildman–Crippen MR) is 155 cm³/mol. The summed E-state index contributed by atoms with van der Waals surface area (Å²) in [5.41, 5.74) is 7.95. The molecule has 0 bridgehead atoms. The van der Waals surface area contributed by atoms with Crippen LogP contribution in [0.4, 0.5) is 5.69 Å². The van der Waals surface area contributed by atoms with Crippen molar-refractivity contribution in [2.45, 2.75) is 19.6 Å². The number of benzene rings is 1. The van der Waals surface area contributed by atoms with Gasteiger partial charge in [-0.1, -0.05) is 0 Å². The number of piperazine rings is 1. The topological polar surface area (TPSA) is 59.9 Å². The van der Waals surface area contributed by atoms with Gasteiger partial charge in [0.1, 0.15) is 5.65 Å². The Kier molecular flexibility index (Phi) is 7.27. The van der Waals surface area contributed by atoms with Crippen molar-refractivity contribution in [1.29, 1.82) is 0 Å². The number of nitrogens with zero attached hydrogens (tertiary/aromatic N) is 6. The van der Waals surface area contributed by atoms with Crippen molar-refractivity contribution < 1.29 is 4.79 Å². The molecule has 1 aromatic carbocycles. The maximum Gasteiger partial charge on any atom is 0.253 e. The van der Waals surface area contributed by atoms with Gasteiger partial charge in [-0.3, -0.25) is 15.0 Å². The molecule has 2 aliphatic rings. The summed E-state index contributed by atoms with van der Waals surface area (Å²) in [6.07, 6.45) is 6.65. The largest absolute Gasteiger partial charge is 0.369 e. The lowest BCUT2D eigenvalue weighted by molar-refractivity contribution is 0.0827. The Morgan fingerprint density at radius 3 is 2.45 bits per heavy atom. The fourth-order valence-corrected chi connectivity index (χ4v) is 5.52. The van der Waals surface area contributed by atoms with E-state index in [9.17, 15) is 4.79 Å². The summed E-state index contributed by atoms with van der Waals surface area (Å²) in [6.45, 7) is 6.99. The van der Waals surface area contributed by atoms with Crippen molar-refractivity contribution in [2.75, 3.05) is 59.3 Å². The van der Waals surface area contributed by atoms with Crippen molar-refractivity contribution in [3.63, 3.8) is 0 Å². The highest BCUT2D eigenvalue weighted by Crippen LogP contribution is 2.33. The summed E-state index contributed by atoms with van der Waals surface area (Å²) >= 11 is 0. The highest BCUT2D eigenvalue weighted by molar-refractivity contribution is 5.96. The van der Waals surface area contributed by atoms with Gasteiger partial charge in [0.05, 0.1) is 6.17 Å². The first kappa shape index (κ1) is 26.0. The molecule has 1 atom stereocenters. The van der Waals surface area contributed by atoms with Crippen molar-refractivity contribution in [3.05, 3.63) is 77.3 Å². The Bertz CT molecular complexity index is 1380. The van der Waals surface area contributed by atoms with Gasteiger partial charge in [0, 0.05) is 101 Å². The second kappa shape index (κ2) is 10.6. The number of allylic oxidation sites excluding steroid dienone is 2. The first-order chi connectivity index (χ1) is 18.3. The monoisotopic (exact) mass is 513 g/mol. The standard InChI is InChI=1S/C30H39N7O/c1-21-17-28(31-2)34(5)20-27(21)25-11-12-32-29-26(25)18-24(35(29)6)19-36-13-15-37(16-14-36)23-9-7-22(8-10-23)30(38)33(3)4/h7-12,17-18,20,28,31H,13-16,19H2,1-6H3. The third-order valence-electron chi connectivity index (χ3n) is 7.86. The third-order valence-corrected chi connectivity index (χ3v) is 7.86. The summed E-state index contributed by atoms with van der Waals surface area (Å²) in [4.78, 5) is 25.7. The molecule has 1 unspecified atom stereocenters. The molecule has 0 aliphatic carbocycles. The zero-order chi connectivity index (χ0) is 27.0. The molecule has 2 aromatic heterocycles. The van der Waals surface area contributed by atoms with Crippen molar-refractivity contribution in [3.8, 4) is 0 Å². The number of hydrogen-bond donors (Lipinski definition) is 1. The number of rotatable bonds is 6. The van der Waals surface area contributed by atoms with Crippen LogP contribution in [0.5, 0.6) is 0 Å². The van der Waals surface area contributed by atoms with Gasteiger partial charge in [-0.05, 0) is 67.6 Å². The second-order valence-electron chi connectivity index (χ2n) is 10.6. The maximum absolute atomic E-state index is 12.2. The smallest absolute Gasteiger partial charge is 0.253 e. The Hall–Kier alpha value is -3.62. The highest BCUT2D eigenvalue weighted by Gasteiger charge is 2.22. The Labute approximate surface area is 225 Å². The van der Waals surface area contributed by atoms with Gasteiger partial charge in [0.2, 0.25) is 0 Å². The number of pyridine rings is 1. The van der Waals surface area contributed by atoms with Crippen LogP contribution in [-0.4, -0.2) is 90.7 Å². The van der Waals surface area contributed by atoms with Crippen LogP contribution < -0.4 is 10.2 Å². The summed E-state index contributed by atoms with van der Waals surface area (Å²) in [5.74, 6) is 0.0362. The van der Waals surface area contributed by atoms with Crippen molar-refractivity contribution in [1.82, 2.24) is 29.6 Å². The number of nitrogens with one attached hydrogen (secondary N) is 1. The van der Waals surface area contributed by atoms with Gasteiger partial charge in [-0.15, -0.1) is 0 Å². The van der Waals surface area contributed by atoms with Gasteiger partial charge in [0.15, 0.2) is 0 Å². The van der Waals surface area contributed by atoms with E-state index in [2.05, 4.69) is 82.1 Å². The molecule has 5 rings (SSSR count). The van der Waals surface area contributed by atoms with Crippen molar-refractivity contribution >= 4 is 28.2 Å². The van der Waals surface area contributed by atoms with Gasteiger partial charge in [-0.2, -0.15) is 0 Å². The molecular weight excluding hydrogens is 474 g/mol. The van der Waals surface area contributed by atoms with E-state index in [1.54, 1.807) is 19.0 Å². The SMILES string of the molecule is CNC1C=C(C)C(c2ccnc3c2cc(CN2CCN(c4ccc(C(=O)N(C)C)cc4)CC2)n3C)=CN1C. The van der Waals surface area contributed by atoms with Crippen LogP contribution in [0.1, 0.15) is 28.5 Å². The number of fused-ring (bicyclic) bond motifs is 1. The van der Waals surface area contributed by atoms with E-state index in [0.29, 0.717) is 0 Å². The van der Waals surface area contributed by atoms with Gasteiger partial charge in [0.25, 0.3) is 5.91 Å². The average Bonchev–Trinajstić information content (AvgIpc) is 3.25. The summed E-state index contributed by atoms with van der Waals surface area (Å²) in [7, 11) is 9.79. The lowest BCUT2D eigenvalue weighted by Crippen LogP contribution is -2.46. The molecule has 1 saturated heterocycles. The second-order valence-corrected chi connectivity index (χ2v) is 10.6. The molecule has 8 nitrogen and oxygen atoms in total. The Morgan fingerprint density at radius 2 is 1.79 bits per heavy atom. The molecule has 2 aliphatic heterocycles. The van der Waals surface area contributed by atoms with Crippen LogP contribution in [0.15, 0.2) is 60.4 Å². The molecule has 3 aromatic rings. The molecule has 0 saturated carbocycles. The zero-order valence-corrected chi connectivity index (χ0v) is 23.4. The van der Waals surface area contributed by atoms with E-state index in [0.717, 1.165) is 43.9 Å². The fraction of sp³-hybridized carbons (Fsp3) is 0.400. The molecule has 38 heavy (non-hydrogen) atoms. The minimum Gasteiger partial charge on any atom is -0.369 e. The Morgan fingerprint density at radius 1 is 1.08 bits per heavy atom. The molecule has 4 heterocycles. The van der Waals surface area contributed by atoms with Gasteiger partial charge in [-0.25, -0.2) is 4.98 Å². The molecule has 200 valence electrons. The van der Waals surface area contributed by atoms with Crippen LogP contribution in [0.2, 0.25) is 0 Å². The van der Waals surface area contributed by atoms with E-state index < -0.39 is 0 Å². The normalized spacial score (nSPS) is 18.5. The van der Waals surface area contributed by atoms with E-state index in [-0.39, 0.29) is 12.1 Å². The lowest BCUT2D eigenvalue weighted by atomic mass is 9.95. The van der Waals surface area contributed by atoms with E-state index >= 15 is 0 Å². The number of aromatic nitrogens is 2. The van der Waals surface area contributed by atoms with Crippen LogP contribution in [0, 0.1) is 0 Å². The minimum absolute atomic E-state index is 0.0362. The molecular formula is C30H39N7O. The Balaban J connectivity index is 1.29. The number of anilines is 1. The number of hydrogen-bond acceptors (Lipinski definition) is 6. The maximum atomic E-state index is 12.2. The van der Waals surface area contributed by atoms with Crippen LogP contribution in [0.25, 0.3) is 16.6 Å². The molecule has 1 N–H and O–H groups in total. The number of amides is 1. The minimum atomic E-state index is 0.0362. The number of carbonyl (C=O) groups excluding carboxylic acids is 1. The average molecular weight is 514 g/mol. The third kappa shape index (κ3) is 4.93. The first-order valence-corrected chi connectivity index (χ1v) is 13.3. The van der Waals surface area contributed by atoms with Crippen molar-refractivity contribution in [2.24, 2.45) is 7.05 Å². The molecule has 1 amide bonds. The number of carbonyl (C=O) groups is 1. The first-order valence-electron chi connectivity index (χ1n) is 13.3. The quantitative estimate of drug-likeness (QED) is 0.546. The lowest BCUT2D eigenvalue weighted by Gasteiger charge is -2.36. The van der Waals surface area contributed by atoms with Gasteiger partial charge < -0.3 is 19.3 Å². The van der Waals surface area contributed by atoms with E-state index in [4.69, 9.17) is 4.98 Å². The summed E-state index contributed by atoms with van der Waals surface area (Å²) in [6, 6.07) is 12.5. The molecule has 1 fully saturated rings. The van der Waals surface area contributed by atoms with E-state index in [1.165, 1.54) is 33.5 Å². The predicted octanol–water partition coefficient (Wildman–Crippen LogP) is 3.38.